The molecule has 0 amide bonds. The third kappa shape index (κ3) is 6.60. The van der Waals surface area contributed by atoms with E-state index in [1.165, 1.54) is 22.3 Å². The summed E-state index contributed by atoms with van der Waals surface area (Å²) < 4.78 is 0. The third-order valence-electron chi connectivity index (χ3n) is 4.74. The summed E-state index contributed by atoms with van der Waals surface area (Å²) in [6.45, 7) is 0. The topological polar surface area (TPSA) is 104 Å². The van der Waals surface area contributed by atoms with E-state index < -0.39 is 0 Å². The van der Waals surface area contributed by atoms with Gasteiger partial charge in [-0.25, -0.2) is 0 Å². The highest BCUT2D eigenvalue weighted by molar-refractivity contribution is 5.44. The van der Waals surface area contributed by atoms with E-state index in [2.05, 4.69) is 0 Å². The second kappa shape index (κ2) is 10.0. The van der Waals surface area contributed by atoms with Gasteiger partial charge in [-0.3, -0.25) is 0 Å². The van der Waals surface area contributed by atoms with Crippen molar-refractivity contribution in [3.05, 3.63) is 119 Å². The van der Waals surface area contributed by atoms with Gasteiger partial charge in [-0.05, 0) is 83.6 Å². The van der Waals surface area contributed by atoms with E-state index in [9.17, 15) is 0 Å². The summed E-state index contributed by atoms with van der Waals surface area (Å²) in [6, 6.07) is 31.8. The molecule has 0 unspecified atom stereocenters. The first-order valence-electron chi connectivity index (χ1n) is 9.85. The Morgan fingerprint density at radius 1 is 0.300 bits per heavy atom. The van der Waals surface area contributed by atoms with E-state index in [0.717, 1.165) is 35.6 Å². The van der Waals surface area contributed by atoms with Gasteiger partial charge in [0.25, 0.3) is 0 Å². The summed E-state index contributed by atoms with van der Waals surface area (Å²) in [4.78, 5) is 0. The Labute approximate surface area is 178 Å². The van der Waals surface area contributed by atoms with Crippen LogP contribution in [0.3, 0.4) is 0 Å². The van der Waals surface area contributed by atoms with Crippen LogP contribution in [0.5, 0.6) is 0 Å². The average Bonchev–Trinajstić information content (AvgIpc) is 2.75. The molecule has 0 fully saturated rings. The lowest BCUT2D eigenvalue weighted by Crippen LogP contribution is -1.90. The fraction of sp³-hybridized carbons (Fsp3) is 0.0769. The highest BCUT2D eigenvalue weighted by Gasteiger charge is 1.97. The van der Waals surface area contributed by atoms with Crippen molar-refractivity contribution in [2.24, 2.45) is 0 Å². The van der Waals surface area contributed by atoms with Crippen LogP contribution in [0.1, 0.15) is 22.3 Å². The van der Waals surface area contributed by atoms with Crippen molar-refractivity contribution < 1.29 is 0 Å². The van der Waals surface area contributed by atoms with Crippen LogP contribution in [0.15, 0.2) is 97.1 Å². The first-order valence-corrected chi connectivity index (χ1v) is 9.85. The van der Waals surface area contributed by atoms with Crippen LogP contribution < -0.4 is 22.9 Å². The van der Waals surface area contributed by atoms with Gasteiger partial charge in [0.2, 0.25) is 0 Å². The van der Waals surface area contributed by atoms with Crippen molar-refractivity contribution in [3.63, 3.8) is 0 Å². The Bertz CT molecular complexity index is 860. The standard InChI is InChI=1S/2C13H14N2/c2*14-12-5-1-10(2-6-12)9-11-3-7-13(15)8-4-11/h2*1-8H,9,14-15H2. The average molecular weight is 397 g/mol. The summed E-state index contributed by atoms with van der Waals surface area (Å²) in [7, 11) is 0. The third-order valence-corrected chi connectivity index (χ3v) is 4.74. The van der Waals surface area contributed by atoms with Crippen molar-refractivity contribution in [1.29, 1.82) is 0 Å². The number of rotatable bonds is 4. The Hall–Kier alpha value is -3.92. The molecule has 0 heterocycles. The van der Waals surface area contributed by atoms with Gasteiger partial charge < -0.3 is 22.9 Å². The van der Waals surface area contributed by atoms with E-state index >= 15 is 0 Å². The second-order valence-electron chi connectivity index (χ2n) is 7.32. The van der Waals surface area contributed by atoms with Crippen molar-refractivity contribution in [1.82, 2.24) is 0 Å². The molecule has 4 aromatic rings. The minimum Gasteiger partial charge on any atom is -0.399 e. The lowest BCUT2D eigenvalue weighted by Gasteiger charge is -2.02. The Kier molecular flexibility index (Phi) is 6.95. The molecular formula is C26H28N4. The predicted octanol–water partition coefficient (Wildman–Crippen LogP) is 4.88. The van der Waals surface area contributed by atoms with Gasteiger partial charge in [0, 0.05) is 22.7 Å². The molecule has 8 N–H and O–H groups in total. The van der Waals surface area contributed by atoms with Crippen LogP contribution in [0.25, 0.3) is 0 Å². The second-order valence-corrected chi connectivity index (χ2v) is 7.32. The zero-order valence-corrected chi connectivity index (χ0v) is 17.0. The Balaban J connectivity index is 0.000000171. The molecule has 0 saturated carbocycles. The minimum atomic E-state index is 0.802. The molecule has 0 aliphatic carbocycles. The summed E-state index contributed by atoms with van der Waals surface area (Å²) in [5, 5.41) is 0. The molecule has 4 nitrogen and oxygen atoms in total. The van der Waals surface area contributed by atoms with Gasteiger partial charge in [-0.1, -0.05) is 48.5 Å². The van der Waals surface area contributed by atoms with Crippen LogP contribution in [-0.2, 0) is 12.8 Å². The molecule has 0 saturated heterocycles. The molecule has 0 aliphatic heterocycles. The molecule has 152 valence electrons. The number of anilines is 4. The molecule has 30 heavy (non-hydrogen) atoms. The molecular weight excluding hydrogens is 368 g/mol. The van der Waals surface area contributed by atoms with Gasteiger partial charge in [-0.15, -0.1) is 0 Å². The first-order chi connectivity index (χ1) is 14.5. The largest absolute Gasteiger partial charge is 0.399 e. The predicted molar refractivity (Wildman–Crippen MR) is 129 cm³/mol. The van der Waals surface area contributed by atoms with Crippen molar-refractivity contribution in [2.75, 3.05) is 22.9 Å². The Morgan fingerprint density at radius 2 is 0.467 bits per heavy atom. The molecule has 0 spiro atoms. The zero-order chi connectivity index (χ0) is 21.3. The van der Waals surface area contributed by atoms with Gasteiger partial charge >= 0.3 is 0 Å². The minimum absolute atomic E-state index is 0.802. The van der Waals surface area contributed by atoms with Crippen LogP contribution in [0, 0.1) is 0 Å². The number of hydrogen-bond donors (Lipinski definition) is 4. The highest BCUT2D eigenvalue weighted by Crippen LogP contribution is 2.14. The summed E-state index contributed by atoms with van der Waals surface area (Å²) in [5.41, 5.74) is 30.7. The van der Waals surface area contributed by atoms with E-state index in [0.29, 0.717) is 0 Å². The SMILES string of the molecule is Nc1ccc(Cc2ccc(N)cc2)cc1.Nc1ccc(Cc2ccc(N)cc2)cc1. The number of nitrogens with two attached hydrogens (primary N) is 4. The van der Waals surface area contributed by atoms with Crippen molar-refractivity contribution >= 4 is 22.7 Å². The maximum absolute atomic E-state index is 5.62. The van der Waals surface area contributed by atoms with E-state index in [4.69, 9.17) is 22.9 Å². The number of benzene rings is 4. The lowest BCUT2D eigenvalue weighted by atomic mass is 10.0. The smallest absolute Gasteiger partial charge is 0.0314 e. The lowest BCUT2D eigenvalue weighted by molar-refractivity contribution is 1.19. The monoisotopic (exact) mass is 396 g/mol. The maximum atomic E-state index is 5.62. The van der Waals surface area contributed by atoms with Crippen LogP contribution >= 0.6 is 0 Å². The molecule has 0 atom stereocenters. The first kappa shape index (κ1) is 20.8. The van der Waals surface area contributed by atoms with Crippen molar-refractivity contribution in [3.8, 4) is 0 Å². The fourth-order valence-electron chi connectivity index (χ4n) is 3.01. The number of nitrogen functional groups attached to an aromatic ring is 4. The quantitative estimate of drug-likeness (QED) is 0.369. The van der Waals surface area contributed by atoms with Gasteiger partial charge in [0.15, 0.2) is 0 Å². The molecule has 0 radical (unpaired) electrons. The highest BCUT2D eigenvalue weighted by atomic mass is 14.5. The van der Waals surface area contributed by atoms with Crippen LogP contribution in [0.2, 0.25) is 0 Å². The molecule has 0 aliphatic rings. The summed E-state index contributed by atoms with van der Waals surface area (Å²) >= 11 is 0. The zero-order valence-electron chi connectivity index (χ0n) is 17.0. The fourth-order valence-corrected chi connectivity index (χ4v) is 3.01. The molecule has 4 aromatic carbocycles. The van der Waals surface area contributed by atoms with Gasteiger partial charge in [0.1, 0.15) is 0 Å². The number of hydrogen-bond acceptors (Lipinski definition) is 4. The molecule has 0 aromatic heterocycles. The summed E-state index contributed by atoms with van der Waals surface area (Å²) in [5.74, 6) is 0. The van der Waals surface area contributed by atoms with Crippen LogP contribution in [-0.4, -0.2) is 0 Å². The maximum Gasteiger partial charge on any atom is 0.0314 e. The Morgan fingerprint density at radius 3 is 0.633 bits per heavy atom. The van der Waals surface area contributed by atoms with Gasteiger partial charge in [0.05, 0.1) is 0 Å². The van der Waals surface area contributed by atoms with E-state index in [1.807, 2.05) is 97.1 Å². The summed E-state index contributed by atoms with van der Waals surface area (Å²) in [6.07, 6.45) is 1.83. The van der Waals surface area contributed by atoms with E-state index in [-0.39, 0.29) is 0 Å². The molecule has 0 bridgehead atoms. The van der Waals surface area contributed by atoms with E-state index in [1.54, 1.807) is 0 Å². The molecule has 4 rings (SSSR count). The molecule has 4 heteroatoms. The van der Waals surface area contributed by atoms with Crippen molar-refractivity contribution in [2.45, 2.75) is 12.8 Å². The van der Waals surface area contributed by atoms with Gasteiger partial charge in [-0.2, -0.15) is 0 Å². The van der Waals surface area contributed by atoms with Crippen LogP contribution in [0.4, 0.5) is 22.7 Å². The normalized spacial score (nSPS) is 10.1.